The molecular weight excluding hydrogens is 309 g/mol. The first-order chi connectivity index (χ1) is 11.6. The maximum absolute atomic E-state index is 12.9. The minimum atomic E-state index is -0.635. The van der Waals surface area contributed by atoms with Crippen LogP contribution < -0.4 is 0 Å². The number of ether oxygens (including phenoxy) is 1. The number of carbonyl (C=O) groups excluding carboxylic acids is 2. The molecule has 3 rings (SSSR count). The van der Waals surface area contributed by atoms with E-state index in [1.807, 2.05) is 30.3 Å². The van der Waals surface area contributed by atoms with Gasteiger partial charge in [0.1, 0.15) is 12.4 Å². The van der Waals surface area contributed by atoms with Crippen molar-refractivity contribution < 1.29 is 18.7 Å². The Labute approximate surface area is 139 Å². The molecule has 0 N–H and O–H groups in total. The highest BCUT2D eigenvalue weighted by Crippen LogP contribution is 2.18. The predicted molar refractivity (Wildman–Crippen MR) is 87.6 cm³/mol. The minimum Gasteiger partial charge on any atom is -0.447 e. The van der Waals surface area contributed by atoms with Crippen LogP contribution in [0.25, 0.3) is 6.08 Å². The maximum Gasteiger partial charge on any atom is 0.417 e. The molecule has 24 heavy (non-hydrogen) atoms. The van der Waals surface area contributed by atoms with Crippen molar-refractivity contribution in [2.24, 2.45) is 0 Å². The molecule has 0 aromatic heterocycles. The van der Waals surface area contributed by atoms with Crippen molar-refractivity contribution in [1.29, 1.82) is 0 Å². The lowest BCUT2D eigenvalue weighted by atomic mass is 10.1. The van der Waals surface area contributed by atoms with Crippen LogP contribution >= 0.6 is 0 Å². The zero-order chi connectivity index (χ0) is 16.9. The third kappa shape index (κ3) is 3.68. The molecular formula is C19H16FNO3. The fraction of sp³-hybridized carbons (Fsp3) is 0.158. The normalized spacial score (nSPS) is 17.3. The van der Waals surface area contributed by atoms with Crippen molar-refractivity contribution >= 4 is 18.1 Å². The molecule has 2 amide bonds. The molecule has 5 heteroatoms. The Kier molecular flexibility index (Phi) is 4.70. The highest BCUT2D eigenvalue weighted by molar-refractivity contribution is 6.02. The Hall–Kier alpha value is -2.95. The van der Waals surface area contributed by atoms with E-state index in [9.17, 15) is 14.0 Å². The number of halogens is 1. The predicted octanol–water partition coefficient (Wildman–Crippen LogP) is 3.43. The second kappa shape index (κ2) is 7.08. The number of rotatable bonds is 4. The first kappa shape index (κ1) is 15.9. The lowest BCUT2D eigenvalue weighted by molar-refractivity contribution is -0.124. The molecule has 0 saturated carbocycles. The fourth-order valence-electron chi connectivity index (χ4n) is 2.59. The molecule has 4 nitrogen and oxygen atoms in total. The number of hydrogen-bond donors (Lipinski definition) is 0. The zero-order valence-electron chi connectivity index (χ0n) is 12.9. The van der Waals surface area contributed by atoms with E-state index in [1.165, 1.54) is 18.2 Å². The summed E-state index contributed by atoms with van der Waals surface area (Å²) in [5.74, 6) is -0.785. The first-order valence-corrected chi connectivity index (χ1v) is 7.61. The van der Waals surface area contributed by atoms with Gasteiger partial charge in [0.25, 0.3) is 5.91 Å². The van der Waals surface area contributed by atoms with Gasteiger partial charge in [-0.15, -0.1) is 0 Å². The Morgan fingerprint density at radius 2 is 1.88 bits per heavy atom. The summed E-state index contributed by atoms with van der Waals surface area (Å²) in [5, 5.41) is 0. The standard InChI is InChI=1S/C19H16FNO3/c20-16-9-6-14(7-10-16)8-11-18(22)21-17(13-24-19(21)23)12-15-4-2-1-3-5-15/h1-11,17H,12-13H2/t17-/m0/s1. The van der Waals surface area contributed by atoms with E-state index in [1.54, 1.807) is 18.2 Å². The molecule has 122 valence electrons. The van der Waals surface area contributed by atoms with Crippen molar-refractivity contribution in [3.8, 4) is 0 Å². The van der Waals surface area contributed by atoms with Crippen molar-refractivity contribution in [3.05, 3.63) is 77.6 Å². The van der Waals surface area contributed by atoms with Crippen LogP contribution in [0.2, 0.25) is 0 Å². The molecule has 1 aliphatic heterocycles. The molecule has 1 heterocycles. The van der Waals surface area contributed by atoms with Crippen LogP contribution in [0.3, 0.4) is 0 Å². The lowest BCUT2D eigenvalue weighted by Gasteiger charge is -2.18. The molecule has 2 aromatic carbocycles. The average Bonchev–Trinajstić information content (AvgIpc) is 2.95. The molecule has 0 spiro atoms. The quantitative estimate of drug-likeness (QED) is 0.809. The number of imide groups is 1. The van der Waals surface area contributed by atoms with Crippen LogP contribution in [0, 0.1) is 5.82 Å². The Morgan fingerprint density at radius 1 is 1.17 bits per heavy atom. The fourth-order valence-corrected chi connectivity index (χ4v) is 2.59. The van der Waals surface area contributed by atoms with Gasteiger partial charge in [-0.3, -0.25) is 4.79 Å². The number of hydrogen-bond acceptors (Lipinski definition) is 3. The Morgan fingerprint density at radius 3 is 2.58 bits per heavy atom. The van der Waals surface area contributed by atoms with Crippen LogP contribution in [-0.2, 0) is 16.0 Å². The van der Waals surface area contributed by atoms with Crippen molar-refractivity contribution in [2.75, 3.05) is 6.61 Å². The molecule has 1 fully saturated rings. The number of carbonyl (C=O) groups is 2. The van der Waals surface area contributed by atoms with E-state index < -0.39 is 12.0 Å². The molecule has 0 unspecified atom stereocenters. The van der Waals surface area contributed by atoms with Gasteiger partial charge in [-0.1, -0.05) is 42.5 Å². The van der Waals surface area contributed by atoms with Crippen LogP contribution in [0.4, 0.5) is 9.18 Å². The van der Waals surface area contributed by atoms with Crippen molar-refractivity contribution in [2.45, 2.75) is 12.5 Å². The maximum atomic E-state index is 12.9. The van der Waals surface area contributed by atoms with Gasteiger partial charge in [-0.2, -0.15) is 0 Å². The van der Waals surface area contributed by atoms with Gasteiger partial charge in [-0.25, -0.2) is 14.1 Å². The van der Waals surface area contributed by atoms with E-state index in [0.717, 1.165) is 10.5 Å². The van der Waals surface area contributed by atoms with Gasteiger partial charge in [0.15, 0.2) is 0 Å². The number of benzene rings is 2. The molecule has 1 saturated heterocycles. The summed E-state index contributed by atoms with van der Waals surface area (Å²) in [6.07, 6.45) is 2.76. The van der Waals surface area contributed by atoms with Gasteiger partial charge in [-0.05, 0) is 35.8 Å². The average molecular weight is 325 g/mol. The van der Waals surface area contributed by atoms with Gasteiger partial charge >= 0.3 is 6.09 Å². The van der Waals surface area contributed by atoms with E-state index in [0.29, 0.717) is 12.0 Å². The lowest BCUT2D eigenvalue weighted by Crippen LogP contribution is -2.39. The molecule has 0 radical (unpaired) electrons. The van der Waals surface area contributed by atoms with Crippen LogP contribution in [0.5, 0.6) is 0 Å². The van der Waals surface area contributed by atoms with Crippen LogP contribution in [0.1, 0.15) is 11.1 Å². The largest absolute Gasteiger partial charge is 0.447 e. The molecule has 1 aliphatic rings. The third-order valence-corrected chi connectivity index (χ3v) is 3.80. The van der Waals surface area contributed by atoms with Crippen molar-refractivity contribution in [3.63, 3.8) is 0 Å². The molecule has 2 aromatic rings. The Bertz CT molecular complexity index is 756. The van der Waals surface area contributed by atoms with Gasteiger partial charge in [0.05, 0.1) is 6.04 Å². The summed E-state index contributed by atoms with van der Waals surface area (Å²) in [6.45, 7) is 0.184. The highest BCUT2D eigenvalue weighted by Gasteiger charge is 2.36. The number of amides is 2. The van der Waals surface area contributed by atoms with Gasteiger partial charge in [0.2, 0.25) is 0 Å². The van der Waals surface area contributed by atoms with Gasteiger partial charge in [0, 0.05) is 6.08 Å². The Balaban J connectivity index is 1.71. The third-order valence-electron chi connectivity index (χ3n) is 3.80. The second-order valence-electron chi connectivity index (χ2n) is 5.51. The monoisotopic (exact) mass is 325 g/mol. The van der Waals surface area contributed by atoms with E-state index in [-0.39, 0.29) is 18.5 Å². The second-order valence-corrected chi connectivity index (χ2v) is 5.51. The first-order valence-electron chi connectivity index (χ1n) is 7.61. The zero-order valence-corrected chi connectivity index (χ0v) is 12.9. The van der Waals surface area contributed by atoms with E-state index in [4.69, 9.17) is 4.74 Å². The molecule has 0 bridgehead atoms. The van der Waals surface area contributed by atoms with E-state index >= 15 is 0 Å². The summed E-state index contributed by atoms with van der Waals surface area (Å²) in [5.41, 5.74) is 1.71. The van der Waals surface area contributed by atoms with Crippen LogP contribution in [-0.4, -0.2) is 29.5 Å². The smallest absolute Gasteiger partial charge is 0.417 e. The van der Waals surface area contributed by atoms with Crippen molar-refractivity contribution in [1.82, 2.24) is 4.90 Å². The van der Waals surface area contributed by atoms with Gasteiger partial charge < -0.3 is 4.74 Å². The summed E-state index contributed by atoms with van der Waals surface area (Å²) < 4.78 is 17.9. The minimum absolute atomic E-state index is 0.184. The summed E-state index contributed by atoms with van der Waals surface area (Å²) >= 11 is 0. The summed E-state index contributed by atoms with van der Waals surface area (Å²) in [4.78, 5) is 25.4. The van der Waals surface area contributed by atoms with Crippen LogP contribution in [0.15, 0.2) is 60.7 Å². The molecule has 1 atom stereocenters. The summed E-state index contributed by atoms with van der Waals surface area (Å²) in [7, 11) is 0. The highest BCUT2D eigenvalue weighted by atomic mass is 19.1. The number of cyclic esters (lactones) is 1. The molecule has 0 aliphatic carbocycles. The van der Waals surface area contributed by atoms with E-state index in [2.05, 4.69) is 0 Å². The topological polar surface area (TPSA) is 46.6 Å². The number of nitrogens with zero attached hydrogens (tertiary/aromatic N) is 1. The summed E-state index contributed by atoms with van der Waals surface area (Å²) in [6, 6.07) is 15.0. The SMILES string of the molecule is O=C(C=Cc1ccc(F)cc1)N1C(=O)OC[C@@H]1Cc1ccccc1.